The molecule has 3 heterocycles. The smallest absolute Gasteiger partial charge is 0.272 e. The van der Waals surface area contributed by atoms with Gasteiger partial charge in [-0.2, -0.15) is 0 Å². The second-order valence-corrected chi connectivity index (χ2v) is 7.97. The predicted octanol–water partition coefficient (Wildman–Crippen LogP) is 2.01. The topological polar surface area (TPSA) is 118 Å². The summed E-state index contributed by atoms with van der Waals surface area (Å²) >= 11 is 0. The summed E-state index contributed by atoms with van der Waals surface area (Å²) in [7, 11) is 0. The normalized spacial score (nSPS) is 15.3. The lowest BCUT2D eigenvalue weighted by Gasteiger charge is -2.36. The van der Waals surface area contributed by atoms with Gasteiger partial charge in [-0.1, -0.05) is 18.2 Å². The molecule has 0 atom stereocenters. The number of nitrogens with zero attached hydrogens (tertiary/aromatic N) is 4. The summed E-state index contributed by atoms with van der Waals surface area (Å²) in [6.45, 7) is 4.18. The van der Waals surface area contributed by atoms with Crippen LogP contribution in [0.3, 0.4) is 0 Å². The zero-order valence-corrected chi connectivity index (χ0v) is 18.3. The van der Waals surface area contributed by atoms with Crippen molar-refractivity contribution < 1.29 is 18.7 Å². The van der Waals surface area contributed by atoms with Gasteiger partial charge in [0, 0.05) is 32.7 Å². The van der Waals surface area contributed by atoms with Gasteiger partial charge in [-0.15, -0.1) is 0 Å². The molecule has 11 heteroatoms. The quantitative estimate of drug-likeness (QED) is 0.470. The lowest BCUT2D eigenvalue weighted by atomic mass is 10.1. The first-order chi connectivity index (χ1) is 16.6. The first kappa shape index (κ1) is 21.7. The number of rotatable bonds is 6. The summed E-state index contributed by atoms with van der Waals surface area (Å²) in [5.41, 5.74) is 12.8. The van der Waals surface area contributed by atoms with Crippen molar-refractivity contribution in [3.63, 3.8) is 0 Å². The Morgan fingerprint density at radius 3 is 2.68 bits per heavy atom. The van der Waals surface area contributed by atoms with Gasteiger partial charge in [0.2, 0.25) is 6.79 Å². The number of nitrogens with two attached hydrogens (primary N) is 1. The lowest BCUT2D eigenvalue weighted by molar-refractivity contribution is 0.0958. The van der Waals surface area contributed by atoms with E-state index in [1.807, 2.05) is 12.1 Å². The Hall–Kier alpha value is -4.12. The number of nitrogens with one attached hydrogen (secondary N) is 2. The number of hydrogen-bond donors (Lipinski definition) is 3. The third-order valence-corrected chi connectivity index (χ3v) is 5.79. The van der Waals surface area contributed by atoms with Crippen LogP contribution in [0.1, 0.15) is 15.9 Å². The van der Waals surface area contributed by atoms with Crippen LogP contribution >= 0.6 is 0 Å². The van der Waals surface area contributed by atoms with Crippen molar-refractivity contribution >= 4 is 23.2 Å². The highest BCUT2D eigenvalue weighted by Gasteiger charge is 2.22. The molecule has 2 aliphatic heterocycles. The van der Waals surface area contributed by atoms with Gasteiger partial charge in [-0.05, 0) is 29.8 Å². The van der Waals surface area contributed by atoms with Crippen molar-refractivity contribution in [2.24, 2.45) is 0 Å². The maximum Gasteiger partial charge on any atom is 0.272 e. The fourth-order valence-electron chi connectivity index (χ4n) is 3.98. The molecule has 34 heavy (non-hydrogen) atoms. The fraction of sp³-hybridized carbons (Fsp3) is 0.261. The van der Waals surface area contributed by atoms with E-state index in [-0.39, 0.29) is 18.2 Å². The first-order valence-electron chi connectivity index (χ1n) is 10.9. The number of piperazine rings is 1. The van der Waals surface area contributed by atoms with Gasteiger partial charge in [0.15, 0.2) is 23.1 Å². The maximum atomic E-state index is 13.8. The summed E-state index contributed by atoms with van der Waals surface area (Å²) in [6.07, 6.45) is 1.38. The Labute approximate surface area is 195 Å². The predicted molar refractivity (Wildman–Crippen MR) is 124 cm³/mol. The van der Waals surface area contributed by atoms with E-state index in [1.165, 1.54) is 24.5 Å². The van der Waals surface area contributed by atoms with Crippen LogP contribution in [0.25, 0.3) is 0 Å². The molecule has 1 aromatic heterocycles. The molecule has 0 radical (unpaired) electrons. The molecule has 1 saturated heterocycles. The molecule has 0 bridgehead atoms. The number of fused-ring (bicyclic) bond motifs is 1. The van der Waals surface area contributed by atoms with Crippen LogP contribution in [0.2, 0.25) is 0 Å². The van der Waals surface area contributed by atoms with E-state index in [0.717, 1.165) is 49.8 Å². The number of anilines is 3. The van der Waals surface area contributed by atoms with E-state index in [0.29, 0.717) is 11.5 Å². The van der Waals surface area contributed by atoms with E-state index in [4.69, 9.17) is 15.2 Å². The van der Waals surface area contributed by atoms with Crippen LogP contribution in [0.15, 0.2) is 48.8 Å². The van der Waals surface area contributed by atoms with Gasteiger partial charge >= 0.3 is 0 Å². The zero-order valence-electron chi connectivity index (χ0n) is 18.3. The van der Waals surface area contributed by atoms with E-state index >= 15 is 0 Å². The molecular formula is C23H24FN7O3. The number of amides is 1. The third kappa shape index (κ3) is 4.50. The standard InChI is InChI=1S/C23H24FN7O3/c24-17-4-2-1-3-16(17)23(32)29-28-21-20(25)22(27-13-26-21)31-9-7-30(8-10-31)12-15-5-6-18-19(11-15)34-14-33-18/h1-6,11,13H,7-10,12,14,25H2,(H,29,32)(H,26,27,28). The number of carbonyl (C=O) groups is 1. The highest BCUT2D eigenvalue weighted by Crippen LogP contribution is 2.33. The third-order valence-electron chi connectivity index (χ3n) is 5.79. The van der Waals surface area contributed by atoms with Gasteiger partial charge in [0.25, 0.3) is 5.91 Å². The number of halogens is 1. The van der Waals surface area contributed by atoms with Crippen molar-refractivity contribution in [2.45, 2.75) is 6.54 Å². The molecule has 0 saturated carbocycles. The van der Waals surface area contributed by atoms with E-state index in [1.54, 1.807) is 6.07 Å². The van der Waals surface area contributed by atoms with Crippen LogP contribution in [-0.4, -0.2) is 53.7 Å². The number of ether oxygens (including phenoxy) is 2. The minimum atomic E-state index is -0.630. The van der Waals surface area contributed by atoms with Crippen LogP contribution in [0.5, 0.6) is 11.5 Å². The minimum absolute atomic E-state index is 0.0820. The number of hydrazine groups is 1. The first-order valence-corrected chi connectivity index (χ1v) is 10.9. The highest BCUT2D eigenvalue weighted by atomic mass is 19.1. The molecule has 10 nitrogen and oxygen atoms in total. The Morgan fingerprint density at radius 1 is 1.06 bits per heavy atom. The summed E-state index contributed by atoms with van der Waals surface area (Å²) in [4.78, 5) is 25.1. The molecule has 0 spiro atoms. The molecule has 0 aliphatic carbocycles. The molecule has 2 aliphatic rings. The summed E-state index contributed by atoms with van der Waals surface area (Å²) in [5, 5.41) is 0. The monoisotopic (exact) mass is 465 g/mol. The largest absolute Gasteiger partial charge is 0.454 e. The molecule has 1 amide bonds. The Balaban J connectivity index is 1.18. The van der Waals surface area contributed by atoms with Crippen molar-refractivity contribution in [1.29, 1.82) is 0 Å². The van der Waals surface area contributed by atoms with Gasteiger partial charge < -0.3 is 20.1 Å². The molecule has 2 aromatic carbocycles. The molecular weight excluding hydrogens is 441 g/mol. The molecule has 1 fully saturated rings. The van der Waals surface area contributed by atoms with E-state index in [9.17, 15) is 9.18 Å². The van der Waals surface area contributed by atoms with Crippen LogP contribution in [0, 0.1) is 5.82 Å². The maximum absolute atomic E-state index is 13.8. The minimum Gasteiger partial charge on any atom is -0.454 e. The number of hydrogen-bond acceptors (Lipinski definition) is 9. The van der Waals surface area contributed by atoms with Crippen molar-refractivity contribution in [3.8, 4) is 11.5 Å². The summed E-state index contributed by atoms with van der Waals surface area (Å²) in [6, 6.07) is 11.7. The van der Waals surface area contributed by atoms with Gasteiger partial charge in [-0.25, -0.2) is 14.4 Å². The van der Waals surface area contributed by atoms with E-state index < -0.39 is 11.7 Å². The molecule has 4 N–H and O–H groups in total. The number of nitrogen functional groups attached to an aromatic ring is 1. The van der Waals surface area contributed by atoms with Gasteiger partial charge in [0.05, 0.1) is 5.56 Å². The number of benzene rings is 2. The average molecular weight is 465 g/mol. The van der Waals surface area contributed by atoms with Gasteiger partial charge in [-0.3, -0.25) is 20.5 Å². The molecule has 176 valence electrons. The van der Waals surface area contributed by atoms with Crippen molar-refractivity contribution in [3.05, 3.63) is 65.7 Å². The average Bonchev–Trinajstić information content (AvgIpc) is 3.32. The van der Waals surface area contributed by atoms with Gasteiger partial charge in [0.1, 0.15) is 17.8 Å². The van der Waals surface area contributed by atoms with Crippen molar-refractivity contribution in [2.75, 3.05) is 49.0 Å². The second-order valence-electron chi connectivity index (χ2n) is 7.97. The van der Waals surface area contributed by atoms with Crippen molar-refractivity contribution in [1.82, 2.24) is 20.3 Å². The Morgan fingerprint density at radius 2 is 1.85 bits per heavy atom. The SMILES string of the molecule is Nc1c(NNC(=O)c2ccccc2F)ncnc1N1CCN(Cc2ccc3c(c2)OCO3)CC1. The molecule has 5 rings (SSSR count). The molecule has 0 unspecified atom stereocenters. The van der Waals surface area contributed by atoms with Crippen LogP contribution in [0.4, 0.5) is 21.7 Å². The number of aromatic nitrogens is 2. The summed E-state index contributed by atoms with van der Waals surface area (Å²) in [5.74, 6) is 1.15. The fourth-order valence-corrected chi connectivity index (χ4v) is 3.98. The zero-order chi connectivity index (χ0) is 23.5. The van der Waals surface area contributed by atoms with Crippen LogP contribution in [-0.2, 0) is 6.54 Å². The Bertz CT molecular complexity index is 1200. The number of carbonyl (C=O) groups excluding carboxylic acids is 1. The molecule has 3 aromatic rings. The Kier molecular flexibility index (Phi) is 6.00. The lowest BCUT2D eigenvalue weighted by Crippen LogP contribution is -2.46. The van der Waals surface area contributed by atoms with Crippen LogP contribution < -0.4 is 31.0 Å². The highest BCUT2D eigenvalue weighted by molar-refractivity contribution is 5.95. The second kappa shape index (κ2) is 9.40. The summed E-state index contributed by atoms with van der Waals surface area (Å²) < 4.78 is 24.7. The van der Waals surface area contributed by atoms with E-state index in [2.05, 4.69) is 36.7 Å².